The van der Waals surface area contributed by atoms with Gasteiger partial charge in [-0.15, -0.1) is 11.3 Å². The van der Waals surface area contributed by atoms with Crippen LogP contribution in [-0.4, -0.2) is 49.5 Å². The van der Waals surface area contributed by atoms with E-state index in [1.165, 1.54) is 4.88 Å². The summed E-state index contributed by atoms with van der Waals surface area (Å²) in [6, 6.07) is 4.65. The van der Waals surface area contributed by atoms with E-state index in [-0.39, 0.29) is 0 Å². The second-order valence-corrected chi connectivity index (χ2v) is 7.84. The number of nitrogens with one attached hydrogen (secondary N) is 2. The van der Waals surface area contributed by atoms with Gasteiger partial charge in [0.2, 0.25) is 5.91 Å². The van der Waals surface area contributed by atoms with E-state index in [9.17, 15) is 4.79 Å². The van der Waals surface area contributed by atoms with Crippen molar-refractivity contribution in [2.45, 2.75) is 52.0 Å². The molecule has 0 saturated carbocycles. The average molecular weight is 365 g/mol. The first-order chi connectivity index (χ1) is 12.1. The van der Waals surface area contributed by atoms with Gasteiger partial charge in [-0.2, -0.15) is 0 Å². The first-order valence-electron chi connectivity index (χ1n) is 9.40. The van der Waals surface area contributed by atoms with Gasteiger partial charge >= 0.3 is 0 Å². The molecule has 1 amide bonds. The fourth-order valence-electron chi connectivity index (χ4n) is 3.33. The minimum Gasteiger partial charge on any atom is -0.356 e. The van der Waals surface area contributed by atoms with Gasteiger partial charge in [0.05, 0.1) is 0 Å². The Labute approximate surface area is 155 Å². The van der Waals surface area contributed by atoms with E-state index >= 15 is 0 Å². The molecule has 1 aliphatic rings. The van der Waals surface area contributed by atoms with E-state index in [0.717, 1.165) is 57.7 Å². The van der Waals surface area contributed by atoms with Crippen LogP contribution in [0.4, 0.5) is 0 Å². The second-order valence-electron chi connectivity index (χ2n) is 6.81. The smallest absolute Gasteiger partial charge is 0.222 e. The van der Waals surface area contributed by atoms with Gasteiger partial charge in [0, 0.05) is 44.0 Å². The lowest BCUT2D eigenvalue weighted by Gasteiger charge is -2.27. The molecule has 2 heterocycles. The predicted octanol–water partition coefficient (Wildman–Crippen LogP) is 2.88. The van der Waals surface area contributed by atoms with Crippen LogP contribution >= 0.6 is 11.3 Å². The molecule has 140 valence electrons. The molecule has 1 aliphatic heterocycles. The van der Waals surface area contributed by atoms with Crippen LogP contribution in [0.15, 0.2) is 22.5 Å². The molecule has 6 heteroatoms. The maximum Gasteiger partial charge on any atom is 0.222 e. The van der Waals surface area contributed by atoms with Crippen molar-refractivity contribution < 1.29 is 4.79 Å². The Balaban J connectivity index is 1.68. The van der Waals surface area contributed by atoms with Gasteiger partial charge in [-0.25, -0.2) is 0 Å². The normalized spacial score (nSPS) is 17.6. The fraction of sp³-hybridized carbons (Fsp3) is 0.684. The molecule has 0 radical (unpaired) electrons. The van der Waals surface area contributed by atoms with Gasteiger partial charge in [0.1, 0.15) is 0 Å². The minimum atomic E-state index is 0.316. The van der Waals surface area contributed by atoms with Crippen molar-refractivity contribution in [3.63, 3.8) is 0 Å². The van der Waals surface area contributed by atoms with Gasteiger partial charge in [-0.05, 0) is 43.0 Å². The standard InChI is InChI=1S/C19H32N4OS/c1-4-16(23-11-5-8-18(23)24)9-10-21-19(20-3)22-14-15(2)13-17-7-6-12-25-17/h6-7,12,15-16H,4-5,8-11,13-14H2,1-3H3,(H2,20,21,22). The van der Waals surface area contributed by atoms with Gasteiger partial charge in [0.15, 0.2) is 5.96 Å². The van der Waals surface area contributed by atoms with Crippen LogP contribution < -0.4 is 10.6 Å². The number of amides is 1. The van der Waals surface area contributed by atoms with E-state index in [4.69, 9.17) is 0 Å². The molecule has 0 bridgehead atoms. The number of carbonyl (C=O) groups is 1. The summed E-state index contributed by atoms with van der Waals surface area (Å²) in [5.41, 5.74) is 0. The summed E-state index contributed by atoms with van der Waals surface area (Å²) in [4.78, 5) is 19.7. The van der Waals surface area contributed by atoms with Crippen LogP contribution in [-0.2, 0) is 11.2 Å². The lowest BCUT2D eigenvalue weighted by atomic mass is 10.1. The third-order valence-electron chi connectivity index (χ3n) is 4.76. The number of hydrogen-bond acceptors (Lipinski definition) is 3. The molecule has 0 aromatic carbocycles. The Hall–Kier alpha value is -1.56. The van der Waals surface area contributed by atoms with Crippen LogP contribution in [0.25, 0.3) is 0 Å². The van der Waals surface area contributed by atoms with Crippen LogP contribution in [0.5, 0.6) is 0 Å². The lowest BCUT2D eigenvalue weighted by molar-refractivity contribution is -0.129. The molecule has 5 nitrogen and oxygen atoms in total. The average Bonchev–Trinajstić information content (AvgIpc) is 3.26. The Bertz CT molecular complexity index is 544. The molecule has 1 aromatic rings. The molecule has 2 rings (SSSR count). The fourth-order valence-corrected chi connectivity index (χ4v) is 4.20. The molecule has 1 fully saturated rings. The molecule has 2 atom stereocenters. The quantitative estimate of drug-likeness (QED) is 0.523. The van der Waals surface area contributed by atoms with Crippen LogP contribution in [0.3, 0.4) is 0 Å². The number of aliphatic imine (C=N–C) groups is 1. The highest BCUT2D eigenvalue weighted by Gasteiger charge is 2.26. The van der Waals surface area contributed by atoms with E-state index in [0.29, 0.717) is 17.9 Å². The summed E-state index contributed by atoms with van der Waals surface area (Å²) >= 11 is 1.82. The molecule has 1 saturated heterocycles. The van der Waals surface area contributed by atoms with Gasteiger partial charge in [-0.3, -0.25) is 9.79 Å². The van der Waals surface area contributed by atoms with E-state index in [1.54, 1.807) is 7.05 Å². The maximum absolute atomic E-state index is 11.9. The third-order valence-corrected chi connectivity index (χ3v) is 5.66. The molecule has 0 spiro atoms. The minimum absolute atomic E-state index is 0.316. The summed E-state index contributed by atoms with van der Waals surface area (Å²) < 4.78 is 0. The Morgan fingerprint density at radius 2 is 2.28 bits per heavy atom. The first kappa shape index (κ1) is 19.8. The van der Waals surface area contributed by atoms with Crippen molar-refractivity contribution in [1.29, 1.82) is 0 Å². The van der Waals surface area contributed by atoms with Crippen LogP contribution in [0.2, 0.25) is 0 Å². The molecular formula is C19H32N4OS. The Morgan fingerprint density at radius 3 is 2.88 bits per heavy atom. The van der Waals surface area contributed by atoms with Crippen molar-refractivity contribution in [3.8, 4) is 0 Å². The van der Waals surface area contributed by atoms with Gasteiger partial charge < -0.3 is 15.5 Å². The largest absolute Gasteiger partial charge is 0.356 e. The molecule has 2 N–H and O–H groups in total. The summed E-state index contributed by atoms with van der Waals surface area (Å²) in [7, 11) is 1.81. The molecule has 1 aromatic heterocycles. The Kier molecular flexibility index (Phi) is 8.25. The van der Waals surface area contributed by atoms with E-state index in [1.807, 2.05) is 11.3 Å². The van der Waals surface area contributed by atoms with Crippen LogP contribution in [0.1, 0.15) is 44.4 Å². The summed E-state index contributed by atoms with van der Waals surface area (Å²) in [5.74, 6) is 1.72. The highest BCUT2D eigenvalue weighted by Crippen LogP contribution is 2.17. The maximum atomic E-state index is 11.9. The van der Waals surface area contributed by atoms with Crippen LogP contribution in [0, 0.1) is 5.92 Å². The van der Waals surface area contributed by atoms with Crippen molar-refractivity contribution in [1.82, 2.24) is 15.5 Å². The zero-order valence-electron chi connectivity index (χ0n) is 15.8. The number of guanidine groups is 1. The van der Waals surface area contributed by atoms with Crippen molar-refractivity contribution in [3.05, 3.63) is 22.4 Å². The van der Waals surface area contributed by atoms with Crippen molar-refractivity contribution in [2.75, 3.05) is 26.7 Å². The molecule has 0 aliphatic carbocycles. The number of nitrogens with zero attached hydrogens (tertiary/aromatic N) is 2. The monoisotopic (exact) mass is 364 g/mol. The zero-order chi connectivity index (χ0) is 18.1. The number of hydrogen-bond donors (Lipinski definition) is 2. The SMILES string of the molecule is CCC(CCNC(=NC)NCC(C)Cc1cccs1)N1CCCC1=O. The molecular weight excluding hydrogens is 332 g/mol. The zero-order valence-corrected chi connectivity index (χ0v) is 16.6. The number of thiophene rings is 1. The van der Waals surface area contributed by atoms with Crippen molar-refractivity contribution in [2.24, 2.45) is 10.9 Å². The third kappa shape index (κ3) is 6.34. The number of rotatable bonds is 9. The summed E-state index contributed by atoms with van der Waals surface area (Å²) in [6.45, 7) is 7.08. The molecule has 2 unspecified atom stereocenters. The number of carbonyl (C=O) groups excluding carboxylic acids is 1. The highest BCUT2D eigenvalue weighted by atomic mass is 32.1. The number of likely N-dealkylation sites (tertiary alicyclic amines) is 1. The first-order valence-corrected chi connectivity index (χ1v) is 10.3. The summed E-state index contributed by atoms with van der Waals surface area (Å²) in [5, 5.41) is 8.94. The Morgan fingerprint density at radius 1 is 1.44 bits per heavy atom. The second kappa shape index (κ2) is 10.4. The molecule has 25 heavy (non-hydrogen) atoms. The van der Waals surface area contributed by atoms with E-state index < -0.39 is 0 Å². The predicted molar refractivity (Wildman–Crippen MR) is 106 cm³/mol. The topological polar surface area (TPSA) is 56.7 Å². The van der Waals surface area contributed by atoms with E-state index in [2.05, 4.69) is 51.9 Å². The highest BCUT2D eigenvalue weighted by molar-refractivity contribution is 7.09. The van der Waals surface area contributed by atoms with Gasteiger partial charge in [0.25, 0.3) is 0 Å². The summed E-state index contributed by atoms with van der Waals surface area (Å²) in [6.07, 6.45) is 4.80. The van der Waals surface area contributed by atoms with Gasteiger partial charge in [-0.1, -0.05) is 19.9 Å². The lowest BCUT2D eigenvalue weighted by Crippen LogP contribution is -2.43. The van der Waals surface area contributed by atoms with Crippen molar-refractivity contribution >= 4 is 23.2 Å².